The van der Waals surface area contributed by atoms with Crippen LogP contribution >= 0.6 is 0 Å². The van der Waals surface area contributed by atoms with Gasteiger partial charge in [-0.1, -0.05) is 0 Å². The minimum Gasteiger partial charge on any atom is -0.478 e. The maximum Gasteiger partial charge on any atom is 0.335 e. The Bertz CT molecular complexity index is 551. The molecule has 1 aromatic rings. The van der Waals surface area contributed by atoms with Crippen molar-refractivity contribution < 1.29 is 19.4 Å². The van der Waals surface area contributed by atoms with Crippen LogP contribution < -0.4 is 4.90 Å². The van der Waals surface area contributed by atoms with Crippen molar-refractivity contribution in [2.24, 2.45) is 0 Å². The van der Waals surface area contributed by atoms with Gasteiger partial charge in [0.1, 0.15) is 0 Å². The number of fused-ring (bicyclic) bond motifs is 1. The van der Waals surface area contributed by atoms with Gasteiger partial charge < -0.3 is 14.7 Å². The third-order valence-corrected chi connectivity index (χ3v) is 3.75. The van der Waals surface area contributed by atoms with Gasteiger partial charge in [0.2, 0.25) is 5.91 Å². The van der Waals surface area contributed by atoms with Gasteiger partial charge in [-0.05, 0) is 44.0 Å². The number of methoxy groups -OCH3 is 1. The largest absolute Gasteiger partial charge is 0.478 e. The van der Waals surface area contributed by atoms with Crippen molar-refractivity contribution in [3.05, 3.63) is 29.3 Å². The molecule has 0 spiro atoms. The molecule has 0 aromatic heterocycles. The van der Waals surface area contributed by atoms with Crippen molar-refractivity contribution in [1.82, 2.24) is 0 Å². The molecule has 0 saturated heterocycles. The fourth-order valence-corrected chi connectivity index (χ4v) is 2.24. The summed E-state index contributed by atoms with van der Waals surface area (Å²) in [6.45, 7) is 4.52. The second-order valence-corrected chi connectivity index (χ2v) is 5.58. The van der Waals surface area contributed by atoms with Crippen LogP contribution in [0.3, 0.4) is 0 Å². The zero-order valence-corrected chi connectivity index (χ0v) is 12.0. The second kappa shape index (κ2) is 5.25. The normalized spacial score (nSPS) is 14.6. The number of carbonyl (C=O) groups is 2. The molecule has 2 rings (SSSR count). The van der Waals surface area contributed by atoms with Crippen molar-refractivity contribution in [1.29, 1.82) is 0 Å². The van der Waals surface area contributed by atoms with Gasteiger partial charge in [-0.15, -0.1) is 0 Å². The third-order valence-electron chi connectivity index (χ3n) is 3.75. The molecule has 0 saturated carbocycles. The summed E-state index contributed by atoms with van der Waals surface area (Å²) in [6, 6.07) is 4.83. The molecule has 5 nitrogen and oxygen atoms in total. The quantitative estimate of drug-likeness (QED) is 0.895. The SMILES string of the molecule is COC(C)(C)CCN1C(=O)Cc2cc(C(=O)O)ccc21. The van der Waals surface area contributed by atoms with E-state index in [2.05, 4.69) is 0 Å². The van der Waals surface area contributed by atoms with Crippen molar-refractivity contribution in [3.8, 4) is 0 Å². The molecular weight excluding hydrogens is 258 g/mol. The molecule has 0 aliphatic carbocycles. The number of carboxylic acid groups (broad SMARTS) is 1. The number of anilines is 1. The lowest BCUT2D eigenvalue weighted by molar-refractivity contribution is -0.117. The number of carboxylic acids is 1. The second-order valence-electron chi connectivity index (χ2n) is 5.58. The van der Waals surface area contributed by atoms with E-state index in [0.29, 0.717) is 6.54 Å². The van der Waals surface area contributed by atoms with Gasteiger partial charge in [-0.3, -0.25) is 4.79 Å². The van der Waals surface area contributed by atoms with Crippen LogP contribution in [0.4, 0.5) is 5.69 Å². The lowest BCUT2D eigenvalue weighted by atomic mass is 10.0. The maximum absolute atomic E-state index is 12.1. The summed E-state index contributed by atoms with van der Waals surface area (Å²) in [5, 5.41) is 8.97. The number of nitrogens with zero attached hydrogens (tertiary/aromatic N) is 1. The molecule has 0 fully saturated rings. The van der Waals surface area contributed by atoms with E-state index >= 15 is 0 Å². The van der Waals surface area contributed by atoms with E-state index in [-0.39, 0.29) is 23.5 Å². The van der Waals surface area contributed by atoms with Gasteiger partial charge in [-0.25, -0.2) is 4.79 Å². The van der Waals surface area contributed by atoms with Crippen molar-refractivity contribution in [3.63, 3.8) is 0 Å². The molecule has 108 valence electrons. The number of hydrogen-bond donors (Lipinski definition) is 1. The Balaban J connectivity index is 2.19. The topological polar surface area (TPSA) is 66.8 Å². The minimum atomic E-state index is -0.973. The van der Waals surface area contributed by atoms with Crippen molar-refractivity contribution >= 4 is 17.6 Å². The molecule has 1 aliphatic heterocycles. The van der Waals surface area contributed by atoms with Crippen molar-refractivity contribution in [2.75, 3.05) is 18.6 Å². The number of aromatic carboxylic acids is 1. The van der Waals surface area contributed by atoms with Gasteiger partial charge in [0, 0.05) is 19.3 Å². The maximum atomic E-state index is 12.1. The highest BCUT2D eigenvalue weighted by molar-refractivity contribution is 6.02. The van der Waals surface area contributed by atoms with E-state index in [1.54, 1.807) is 24.1 Å². The van der Waals surface area contributed by atoms with Crippen LogP contribution in [0.15, 0.2) is 18.2 Å². The summed E-state index contributed by atoms with van der Waals surface area (Å²) in [7, 11) is 1.65. The molecule has 5 heteroatoms. The zero-order valence-electron chi connectivity index (χ0n) is 12.0. The summed E-state index contributed by atoms with van der Waals surface area (Å²) in [5.41, 5.74) is 1.52. The highest BCUT2D eigenvalue weighted by Gasteiger charge is 2.29. The van der Waals surface area contributed by atoms with Gasteiger partial charge in [0.25, 0.3) is 0 Å². The van der Waals surface area contributed by atoms with Gasteiger partial charge >= 0.3 is 5.97 Å². The predicted octanol–water partition coefficient (Wildman–Crippen LogP) is 2.09. The van der Waals surface area contributed by atoms with Gasteiger partial charge in [0.05, 0.1) is 17.6 Å². The third kappa shape index (κ3) is 2.82. The van der Waals surface area contributed by atoms with Crippen LogP contribution in [0, 0.1) is 0 Å². The van der Waals surface area contributed by atoms with E-state index in [1.807, 2.05) is 13.8 Å². The Morgan fingerprint density at radius 3 is 2.75 bits per heavy atom. The first-order chi connectivity index (χ1) is 9.34. The molecule has 1 aliphatic rings. The summed E-state index contributed by atoms with van der Waals surface area (Å²) in [4.78, 5) is 24.7. The molecule has 0 radical (unpaired) electrons. The van der Waals surface area contributed by atoms with E-state index in [4.69, 9.17) is 9.84 Å². The summed E-state index contributed by atoms with van der Waals surface area (Å²) in [5.74, 6) is -0.964. The highest BCUT2D eigenvalue weighted by Crippen LogP contribution is 2.30. The smallest absolute Gasteiger partial charge is 0.335 e. The molecule has 1 N–H and O–H groups in total. The molecule has 0 atom stereocenters. The van der Waals surface area contributed by atoms with Gasteiger partial charge in [0.15, 0.2) is 0 Å². The average Bonchev–Trinajstić information content (AvgIpc) is 2.71. The summed E-state index contributed by atoms with van der Waals surface area (Å²) >= 11 is 0. The van der Waals surface area contributed by atoms with E-state index in [1.165, 1.54) is 6.07 Å². The van der Waals surface area contributed by atoms with Crippen LogP contribution in [0.2, 0.25) is 0 Å². The predicted molar refractivity (Wildman–Crippen MR) is 75.2 cm³/mol. The summed E-state index contributed by atoms with van der Waals surface area (Å²) in [6.07, 6.45) is 0.985. The number of ether oxygens (including phenoxy) is 1. The van der Waals surface area contributed by atoms with Crippen LogP contribution in [0.1, 0.15) is 36.2 Å². The minimum absolute atomic E-state index is 0.00874. The Hall–Kier alpha value is -1.88. The van der Waals surface area contributed by atoms with Crippen LogP contribution in [0.5, 0.6) is 0 Å². The first-order valence-electron chi connectivity index (χ1n) is 6.56. The van der Waals surface area contributed by atoms with E-state index in [9.17, 15) is 9.59 Å². The molecule has 0 bridgehead atoms. The fraction of sp³-hybridized carbons (Fsp3) is 0.467. The summed E-state index contributed by atoms with van der Waals surface area (Å²) < 4.78 is 5.36. The monoisotopic (exact) mass is 277 g/mol. The molecule has 20 heavy (non-hydrogen) atoms. The number of benzene rings is 1. The standard InChI is InChI=1S/C15H19NO4/c1-15(2,20-3)6-7-16-12-5-4-10(14(18)19)8-11(12)9-13(16)17/h4-5,8H,6-7,9H2,1-3H3,(H,18,19). The first kappa shape index (κ1) is 14.5. The Kier molecular flexibility index (Phi) is 3.81. The van der Waals surface area contributed by atoms with Gasteiger partial charge in [-0.2, -0.15) is 0 Å². The molecule has 1 heterocycles. The van der Waals surface area contributed by atoms with E-state index < -0.39 is 5.97 Å². The average molecular weight is 277 g/mol. The molecule has 1 aromatic carbocycles. The van der Waals surface area contributed by atoms with Crippen molar-refractivity contribution in [2.45, 2.75) is 32.3 Å². The number of carbonyl (C=O) groups excluding carboxylic acids is 1. The lowest BCUT2D eigenvalue weighted by Crippen LogP contribution is -2.34. The number of amides is 1. The zero-order chi connectivity index (χ0) is 14.9. The molecular formula is C15H19NO4. The highest BCUT2D eigenvalue weighted by atomic mass is 16.5. The number of rotatable bonds is 5. The number of hydrogen-bond acceptors (Lipinski definition) is 3. The first-order valence-corrected chi connectivity index (χ1v) is 6.56. The fourth-order valence-electron chi connectivity index (χ4n) is 2.24. The Morgan fingerprint density at radius 2 is 2.15 bits per heavy atom. The van der Waals surface area contributed by atoms with E-state index in [0.717, 1.165) is 17.7 Å². The Morgan fingerprint density at radius 1 is 1.45 bits per heavy atom. The Labute approximate surface area is 118 Å². The van der Waals surface area contributed by atoms with Crippen LogP contribution in [-0.4, -0.2) is 36.2 Å². The van der Waals surface area contributed by atoms with Crippen LogP contribution in [-0.2, 0) is 16.0 Å². The van der Waals surface area contributed by atoms with Crippen LogP contribution in [0.25, 0.3) is 0 Å². The molecule has 1 amide bonds. The molecule has 0 unspecified atom stereocenters. The lowest BCUT2D eigenvalue weighted by Gasteiger charge is -2.26.